The summed E-state index contributed by atoms with van der Waals surface area (Å²) in [5.41, 5.74) is 1.94. The lowest BCUT2D eigenvalue weighted by molar-refractivity contribution is 0.304. The maximum absolute atomic E-state index is 5.94. The number of hydrogen-bond donors (Lipinski definition) is 0. The second kappa shape index (κ2) is 4.13. The van der Waals surface area contributed by atoms with Crippen molar-refractivity contribution in [1.82, 2.24) is 14.5 Å². The molecule has 0 aromatic carbocycles. The first-order chi connectivity index (χ1) is 8.16. The van der Waals surface area contributed by atoms with E-state index in [0.717, 1.165) is 33.1 Å². The van der Waals surface area contributed by atoms with E-state index >= 15 is 0 Å². The van der Waals surface area contributed by atoms with Gasteiger partial charge in [-0.25, -0.2) is 9.97 Å². The molecular weight excluding hydrogens is 352 g/mol. The number of hydrogen-bond acceptors (Lipinski definition) is 3. The third-order valence-corrected chi connectivity index (χ3v) is 4.28. The fourth-order valence-corrected chi connectivity index (χ4v) is 2.67. The average molecular weight is 362 g/mol. The van der Waals surface area contributed by atoms with Crippen molar-refractivity contribution in [2.75, 3.05) is 6.61 Å². The number of rotatable bonds is 0. The molecule has 6 heteroatoms. The molecule has 1 aliphatic rings. The zero-order valence-electron chi connectivity index (χ0n) is 9.07. The minimum atomic E-state index is 0.455. The van der Waals surface area contributed by atoms with Crippen molar-refractivity contribution >= 4 is 34.2 Å². The second-order valence-corrected chi connectivity index (χ2v) is 5.22. The second-order valence-electron chi connectivity index (χ2n) is 3.81. The highest BCUT2D eigenvalue weighted by Crippen LogP contribution is 2.34. The Bertz CT molecular complexity index is 597. The summed E-state index contributed by atoms with van der Waals surface area (Å²) in [6, 6.07) is 1.80. The van der Waals surface area contributed by atoms with E-state index in [9.17, 15) is 0 Å². The molecule has 1 aliphatic heterocycles. The van der Waals surface area contributed by atoms with Crippen LogP contribution in [0.15, 0.2) is 12.3 Å². The van der Waals surface area contributed by atoms with E-state index < -0.39 is 0 Å². The topological polar surface area (TPSA) is 39.9 Å². The van der Waals surface area contributed by atoms with Crippen molar-refractivity contribution in [1.29, 1.82) is 0 Å². The summed E-state index contributed by atoms with van der Waals surface area (Å²) in [5.74, 6) is 1.65. The van der Waals surface area contributed by atoms with Gasteiger partial charge in [-0.3, -0.25) is 0 Å². The molecule has 2 aromatic rings. The summed E-state index contributed by atoms with van der Waals surface area (Å²) >= 11 is 8.24. The number of imidazole rings is 1. The van der Waals surface area contributed by atoms with Gasteiger partial charge in [-0.2, -0.15) is 0 Å². The largest absolute Gasteiger partial charge is 0.489 e. The van der Waals surface area contributed by atoms with Crippen LogP contribution >= 0.6 is 34.2 Å². The van der Waals surface area contributed by atoms with Gasteiger partial charge < -0.3 is 9.30 Å². The van der Waals surface area contributed by atoms with Gasteiger partial charge in [0.2, 0.25) is 0 Å². The molecular formula is C11H9ClIN3O. The lowest BCUT2D eigenvalue weighted by Crippen LogP contribution is -2.07. The van der Waals surface area contributed by atoms with Gasteiger partial charge in [0.25, 0.3) is 0 Å². The SMILES string of the molecule is Cc1nc2n(c1I)CCOc1cnc(Cl)cc1-2. The van der Waals surface area contributed by atoms with Crippen molar-refractivity contribution in [3.8, 4) is 17.1 Å². The van der Waals surface area contributed by atoms with Crippen molar-refractivity contribution in [3.05, 3.63) is 26.8 Å². The van der Waals surface area contributed by atoms with Gasteiger partial charge in [0.1, 0.15) is 27.0 Å². The van der Waals surface area contributed by atoms with Crippen LogP contribution in [0, 0.1) is 10.6 Å². The van der Waals surface area contributed by atoms with E-state index in [1.807, 2.05) is 6.92 Å². The number of aromatic nitrogens is 3. The Kier molecular flexibility index (Phi) is 2.74. The molecule has 0 bridgehead atoms. The number of pyridine rings is 1. The minimum Gasteiger partial charge on any atom is -0.489 e. The molecule has 0 unspecified atom stereocenters. The zero-order chi connectivity index (χ0) is 12.0. The van der Waals surface area contributed by atoms with E-state index in [-0.39, 0.29) is 0 Å². The maximum atomic E-state index is 5.94. The molecule has 0 aliphatic carbocycles. The number of aryl methyl sites for hydroxylation is 1. The first kappa shape index (κ1) is 11.3. The molecule has 0 amide bonds. The van der Waals surface area contributed by atoms with Gasteiger partial charge in [0, 0.05) is 0 Å². The molecule has 3 rings (SSSR count). The maximum Gasteiger partial charge on any atom is 0.148 e. The standard InChI is InChI=1S/C11H9ClIN3O/c1-6-10(13)16-2-3-17-8-5-14-9(12)4-7(8)11(16)15-6/h4-5H,2-3H2,1H3. The highest BCUT2D eigenvalue weighted by Gasteiger charge is 2.21. The molecule has 0 atom stereocenters. The normalized spacial score (nSPS) is 13.6. The third kappa shape index (κ3) is 1.81. The Hall–Kier alpha value is -0.820. The van der Waals surface area contributed by atoms with Crippen LogP contribution in [-0.4, -0.2) is 21.1 Å². The van der Waals surface area contributed by atoms with Crippen LogP contribution in [0.25, 0.3) is 11.4 Å². The van der Waals surface area contributed by atoms with Crippen molar-refractivity contribution in [2.45, 2.75) is 13.5 Å². The quantitative estimate of drug-likeness (QED) is 0.535. The van der Waals surface area contributed by atoms with Crippen LogP contribution < -0.4 is 4.74 Å². The van der Waals surface area contributed by atoms with Crippen LogP contribution in [0.4, 0.5) is 0 Å². The summed E-state index contributed by atoms with van der Waals surface area (Å²) in [4.78, 5) is 8.62. The predicted octanol–water partition coefficient (Wildman–Crippen LogP) is 2.90. The first-order valence-corrected chi connectivity index (χ1v) is 6.64. The van der Waals surface area contributed by atoms with E-state index in [1.165, 1.54) is 0 Å². The minimum absolute atomic E-state index is 0.455. The van der Waals surface area contributed by atoms with Crippen LogP contribution in [0.1, 0.15) is 5.69 Å². The predicted molar refractivity (Wildman–Crippen MR) is 73.4 cm³/mol. The number of halogens is 2. The van der Waals surface area contributed by atoms with Gasteiger partial charge in [-0.05, 0) is 35.6 Å². The van der Waals surface area contributed by atoms with Gasteiger partial charge in [0.05, 0.1) is 24.0 Å². The molecule has 0 saturated carbocycles. The molecule has 17 heavy (non-hydrogen) atoms. The van der Waals surface area contributed by atoms with Gasteiger partial charge >= 0.3 is 0 Å². The van der Waals surface area contributed by atoms with E-state index in [1.54, 1.807) is 12.3 Å². The van der Waals surface area contributed by atoms with E-state index in [4.69, 9.17) is 16.3 Å². The van der Waals surface area contributed by atoms with Crippen LogP contribution in [0.2, 0.25) is 5.15 Å². The lowest BCUT2D eigenvalue weighted by Gasteiger charge is -2.04. The lowest BCUT2D eigenvalue weighted by atomic mass is 10.2. The molecule has 2 aromatic heterocycles. The van der Waals surface area contributed by atoms with Crippen LogP contribution in [0.3, 0.4) is 0 Å². The fourth-order valence-electron chi connectivity index (χ4n) is 1.92. The zero-order valence-corrected chi connectivity index (χ0v) is 12.0. The van der Waals surface area contributed by atoms with Crippen LogP contribution in [0.5, 0.6) is 5.75 Å². The molecule has 88 valence electrons. The molecule has 0 fully saturated rings. The monoisotopic (exact) mass is 361 g/mol. The Balaban J connectivity index is 2.30. The summed E-state index contributed by atoms with van der Waals surface area (Å²) < 4.78 is 8.95. The van der Waals surface area contributed by atoms with Gasteiger partial charge in [0.15, 0.2) is 0 Å². The highest BCUT2D eigenvalue weighted by molar-refractivity contribution is 14.1. The third-order valence-electron chi connectivity index (χ3n) is 2.71. The van der Waals surface area contributed by atoms with Gasteiger partial charge in [-0.15, -0.1) is 0 Å². The molecule has 0 saturated heterocycles. The van der Waals surface area contributed by atoms with Crippen LogP contribution in [-0.2, 0) is 6.54 Å². The van der Waals surface area contributed by atoms with E-state index in [2.05, 4.69) is 37.1 Å². The number of nitrogens with zero attached hydrogens (tertiary/aromatic N) is 3. The summed E-state index contributed by atoms with van der Waals surface area (Å²) in [7, 11) is 0. The number of fused-ring (bicyclic) bond motifs is 3. The highest BCUT2D eigenvalue weighted by atomic mass is 127. The van der Waals surface area contributed by atoms with Crippen molar-refractivity contribution < 1.29 is 4.74 Å². The molecule has 0 N–H and O–H groups in total. The Morgan fingerprint density at radius 2 is 2.35 bits per heavy atom. The van der Waals surface area contributed by atoms with Crippen molar-refractivity contribution in [3.63, 3.8) is 0 Å². The molecule has 0 spiro atoms. The Morgan fingerprint density at radius 1 is 1.53 bits per heavy atom. The Morgan fingerprint density at radius 3 is 3.18 bits per heavy atom. The summed E-state index contributed by atoms with van der Waals surface area (Å²) in [6.07, 6.45) is 1.66. The molecule has 3 heterocycles. The van der Waals surface area contributed by atoms with E-state index in [0.29, 0.717) is 11.8 Å². The number of ether oxygens (including phenoxy) is 1. The smallest absolute Gasteiger partial charge is 0.148 e. The molecule has 0 radical (unpaired) electrons. The van der Waals surface area contributed by atoms with Crippen molar-refractivity contribution in [2.24, 2.45) is 0 Å². The molecule has 4 nitrogen and oxygen atoms in total. The first-order valence-electron chi connectivity index (χ1n) is 5.18. The Labute approximate surface area is 117 Å². The fraction of sp³-hybridized carbons (Fsp3) is 0.273. The average Bonchev–Trinajstić information content (AvgIpc) is 2.49. The summed E-state index contributed by atoms with van der Waals surface area (Å²) in [6.45, 7) is 3.42. The van der Waals surface area contributed by atoms with Gasteiger partial charge in [-0.1, -0.05) is 11.6 Å². The summed E-state index contributed by atoms with van der Waals surface area (Å²) in [5, 5.41) is 0.455.